The van der Waals surface area contributed by atoms with E-state index in [4.69, 9.17) is 4.74 Å². The Labute approximate surface area is 99.7 Å². The largest absolute Gasteiger partial charge is 0.465 e. The molecule has 1 aromatic rings. The highest BCUT2D eigenvalue weighted by Crippen LogP contribution is 2.17. The summed E-state index contributed by atoms with van der Waals surface area (Å²) in [5, 5.41) is 2.66. The molecule has 0 saturated heterocycles. The van der Waals surface area contributed by atoms with Gasteiger partial charge in [0, 0.05) is 12.8 Å². The van der Waals surface area contributed by atoms with Crippen LogP contribution >= 0.6 is 0 Å². The lowest BCUT2D eigenvalue weighted by Crippen LogP contribution is -2.18. The lowest BCUT2D eigenvalue weighted by molar-refractivity contribution is -0.119. The van der Waals surface area contributed by atoms with Gasteiger partial charge >= 0.3 is 5.97 Å². The number of rotatable bonds is 4. The van der Waals surface area contributed by atoms with E-state index in [1.54, 1.807) is 18.2 Å². The second-order valence-electron chi connectivity index (χ2n) is 3.50. The van der Waals surface area contributed by atoms with Gasteiger partial charge in [-0.15, -0.1) is 0 Å². The van der Waals surface area contributed by atoms with Gasteiger partial charge in [-0.2, -0.15) is 0 Å². The van der Waals surface area contributed by atoms with Crippen molar-refractivity contribution in [3.8, 4) is 0 Å². The zero-order valence-corrected chi connectivity index (χ0v) is 10.1. The third-order valence-corrected chi connectivity index (χ3v) is 2.21. The fourth-order valence-electron chi connectivity index (χ4n) is 1.32. The van der Waals surface area contributed by atoms with Crippen molar-refractivity contribution >= 4 is 17.6 Å². The first-order valence-corrected chi connectivity index (χ1v) is 5.06. The number of carbonyl (C=O) groups excluding carboxylic acids is 2. The summed E-state index contributed by atoms with van der Waals surface area (Å²) in [4.78, 5) is 22.7. The molecule has 0 aromatic heterocycles. The van der Waals surface area contributed by atoms with Crippen molar-refractivity contribution in [2.45, 2.75) is 6.92 Å². The van der Waals surface area contributed by atoms with E-state index in [0.29, 0.717) is 11.3 Å². The third kappa shape index (κ3) is 3.57. The molecule has 1 N–H and O–H groups in total. The molecule has 1 aromatic carbocycles. The van der Waals surface area contributed by atoms with Gasteiger partial charge in [0.25, 0.3) is 0 Å². The van der Waals surface area contributed by atoms with Gasteiger partial charge in [-0.25, -0.2) is 4.79 Å². The Morgan fingerprint density at radius 2 is 2.00 bits per heavy atom. The maximum absolute atomic E-state index is 11.4. The summed E-state index contributed by atoms with van der Waals surface area (Å²) < 4.78 is 9.32. The first-order chi connectivity index (χ1) is 8.08. The van der Waals surface area contributed by atoms with Crippen molar-refractivity contribution in [2.24, 2.45) is 0 Å². The van der Waals surface area contributed by atoms with E-state index in [2.05, 4.69) is 10.1 Å². The molecule has 0 spiro atoms. The monoisotopic (exact) mass is 237 g/mol. The predicted molar refractivity (Wildman–Crippen MR) is 63.0 cm³/mol. The molecule has 0 bridgehead atoms. The van der Waals surface area contributed by atoms with Crippen LogP contribution in [0.25, 0.3) is 0 Å². The van der Waals surface area contributed by atoms with Crippen LogP contribution in [-0.2, 0) is 14.3 Å². The SMILES string of the molecule is COCC(=O)Nc1cc(C(=O)OC)ccc1C. The van der Waals surface area contributed by atoms with Crippen molar-refractivity contribution < 1.29 is 19.1 Å². The van der Waals surface area contributed by atoms with Crippen LogP contribution in [0.5, 0.6) is 0 Å². The van der Waals surface area contributed by atoms with E-state index in [9.17, 15) is 9.59 Å². The summed E-state index contributed by atoms with van der Waals surface area (Å²) in [5.41, 5.74) is 1.84. The number of hydrogen-bond acceptors (Lipinski definition) is 4. The van der Waals surface area contributed by atoms with Gasteiger partial charge < -0.3 is 14.8 Å². The minimum atomic E-state index is -0.438. The van der Waals surface area contributed by atoms with E-state index in [1.165, 1.54) is 14.2 Å². The molecule has 92 valence electrons. The van der Waals surface area contributed by atoms with E-state index in [0.717, 1.165) is 5.56 Å². The maximum Gasteiger partial charge on any atom is 0.337 e. The maximum atomic E-state index is 11.4. The average molecular weight is 237 g/mol. The molecule has 0 atom stereocenters. The normalized spacial score (nSPS) is 9.82. The molecule has 0 unspecified atom stereocenters. The number of amides is 1. The molecule has 17 heavy (non-hydrogen) atoms. The summed E-state index contributed by atoms with van der Waals surface area (Å²) in [7, 11) is 2.75. The lowest BCUT2D eigenvalue weighted by Gasteiger charge is -2.09. The van der Waals surface area contributed by atoms with Crippen molar-refractivity contribution in [3.05, 3.63) is 29.3 Å². The second kappa shape index (κ2) is 6.00. The summed E-state index contributed by atoms with van der Waals surface area (Å²) >= 11 is 0. The second-order valence-corrected chi connectivity index (χ2v) is 3.50. The molecule has 1 rings (SSSR count). The molecule has 0 aliphatic heterocycles. The molecule has 1 amide bonds. The lowest BCUT2D eigenvalue weighted by atomic mass is 10.1. The van der Waals surface area contributed by atoms with Gasteiger partial charge in [0.1, 0.15) is 6.61 Å². The fourth-order valence-corrected chi connectivity index (χ4v) is 1.32. The van der Waals surface area contributed by atoms with E-state index < -0.39 is 5.97 Å². The number of anilines is 1. The number of hydrogen-bond donors (Lipinski definition) is 1. The zero-order valence-electron chi connectivity index (χ0n) is 10.1. The van der Waals surface area contributed by atoms with Crippen LogP contribution in [0.2, 0.25) is 0 Å². The molecular weight excluding hydrogens is 222 g/mol. The Hall–Kier alpha value is -1.88. The highest BCUT2D eigenvalue weighted by molar-refractivity contribution is 5.95. The van der Waals surface area contributed by atoms with Gasteiger partial charge in [0.15, 0.2) is 0 Å². The molecule has 0 radical (unpaired) electrons. The Bertz CT molecular complexity index is 429. The van der Waals surface area contributed by atoms with Gasteiger partial charge in [-0.3, -0.25) is 4.79 Å². The Morgan fingerprint density at radius 1 is 1.29 bits per heavy atom. The number of aryl methyl sites for hydroxylation is 1. The summed E-state index contributed by atoms with van der Waals surface area (Å²) in [6.07, 6.45) is 0. The average Bonchev–Trinajstić information content (AvgIpc) is 2.31. The standard InChI is InChI=1S/C12H15NO4/c1-8-4-5-9(12(15)17-3)6-10(8)13-11(14)7-16-2/h4-6H,7H2,1-3H3,(H,13,14). The third-order valence-electron chi connectivity index (χ3n) is 2.21. The van der Waals surface area contributed by atoms with E-state index in [1.807, 2.05) is 6.92 Å². The Balaban J connectivity index is 2.90. The Kier molecular flexibility index (Phi) is 4.66. The highest BCUT2D eigenvalue weighted by atomic mass is 16.5. The van der Waals surface area contributed by atoms with Gasteiger partial charge in [0.05, 0.1) is 12.7 Å². The molecule has 0 aliphatic carbocycles. The quantitative estimate of drug-likeness (QED) is 0.803. The van der Waals surface area contributed by atoms with Crippen LogP contribution in [0.15, 0.2) is 18.2 Å². The molecular formula is C12H15NO4. The number of benzene rings is 1. The van der Waals surface area contributed by atoms with Crippen molar-refractivity contribution in [3.63, 3.8) is 0 Å². The topological polar surface area (TPSA) is 64.6 Å². The molecule has 0 saturated carbocycles. The summed E-state index contributed by atoms with van der Waals surface area (Å²) in [6, 6.07) is 4.97. The molecule has 0 heterocycles. The molecule has 0 fully saturated rings. The highest BCUT2D eigenvalue weighted by Gasteiger charge is 2.09. The van der Waals surface area contributed by atoms with Crippen LogP contribution in [0.1, 0.15) is 15.9 Å². The molecule has 0 aliphatic rings. The Morgan fingerprint density at radius 3 is 2.59 bits per heavy atom. The van der Waals surface area contributed by atoms with Crippen LogP contribution in [-0.4, -0.2) is 32.7 Å². The van der Waals surface area contributed by atoms with Crippen LogP contribution < -0.4 is 5.32 Å². The molecule has 5 heteroatoms. The number of carbonyl (C=O) groups is 2. The first kappa shape index (κ1) is 13.2. The van der Waals surface area contributed by atoms with Gasteiger partial charge in [-0.1, -0.05) is 6.07 Å². The fraction of sp³-hybridized carbons (Fsp3) is 0.333. The summed E-state index contributed by atoms with van der Waals surface area (Å²) in [6.45, 7) is 1.81. The van der Waals surface area contributed by atoms with Crippen molar-refractivity contribution in [1.82, 2.24) is 0 Å². The van der Waals surface area contributed by atoms with E-state index in [-0.39, 0.29) is 12.5 Å². The summed E-state index contributed by atoms with van der Waals surface area (Å²) in [5.74, 6) is -0.704. The number of esters is 1. The van der Waals surface area contributed by atoms with Crippen LogP contribution in [0.3, 0.4) is 0 Å². The predicted octanol–water partition coefficient (Wildman–Crippen LogP) is 1.37. The van der Waals surface area contributed by atoms with Crippen LogP contribution in [0.4, 0.5) is 5.69 Å². The minimum Gasteiger partial charge on any atom is -0.465 e. The molecule has 5 nitrogen and oxygen atoms in total. The first-order valence-electron chi connectivity index (χ1n) is 5.06. The van der Waals surface area contributed by atoms with Gasteiger partial charge in [0.2, 0.25) is 5.91 Å². The van der Waals surface area contributed by atoms with Gasteiger partial charge in [-0.05, 0) is 24.6 Å². The van der Waals surface area contributed by atoms with Crippen molar-refractivity contribution in [1.29, 1.82) is 0 Å². The smallest absolute Gasteiger partial charge is 0.337 e. The van der Waals surface area contributed by atoms with Crippen LogP contribution in [0, 0.1) is 6.92 Å². The zero-order chi connectivity index (χ0) is 12.8. The van der Waals surface area contributed by atoms with Crippen molar-refractivity contribution in [2.75, 3.05) is 26.1 Å². The number of methoxy groups -OCH3 is 2. The minimum absolute atomic E-state index is 0.0259. The number of ether oxygens (including phenoxy) is 2. The number of nitrogens with one attached hydrogen (secondary N) is 1. The van der Waals surface area contributed by atoms with E-state index >= 15 is 0 Å².